The number of aryl methyl sites for hydroxylation is 1. The van der Waals surface area contributed by atoms with Gasteiger partial charge in [-0.3, -0.25) is 4.79 Å². The second-order valence-electron chi connectivity index (χ2n) is 4.84. The summed E-state index contributed by atoms with van der Waals surface area (Å²) in [6, 6.07) is 15.8. The van der Waals surface area contributed by atoms with E-state index in [-0.39, 0.29) is 11.9 Å². The Morgan fingerprint density at radius 1 is 1.10 bits per heavy atom. The second kappa shape index (κ2) is 6.71. The van der Waals surface area contributed by atoms with E-state index in [1.165, 1.54) is 0 Å². The van der Waals surface area contributed by atoms with Gasteiger partial charge in [-0.1, -0.05) is 58.4 Å². The normalized spacial score (nSPS) is 11.9. The van der Waals surface area contributed by atoms with E-state index in [4.69, 9.17) is 0 Å². The van der Waals surface area contributed by atoms with Crippen LogP contribution in [0.4, 0.5) is 0 Å². The summed E-state index contributed by atoms with van der Waals surface area (Å²) in [7, 11) is 0. The van der Waals surface area contributed by atoms with Crippen LogP contribution in [-0.2, 0) is 0 Å². The maximum Gasteiger partial charge on any atom is 0.252 e. The average Bonchev–Trinajstić information content (AvgIpc) is 2.48. The van der Waals surface area contributed by atoms with Crippen LogP contribution < -0.4 is 5.32 Å². The maximum atomic E-state index is 12.4. The van der Waals surface area contributed by atoms with E-state index >= 15 is 0 Å². The van der Waals surface area contributed by atoms with Gasteiger partial charge in [-0.05, 0) is 36.6 Å². The number of nitrogens with one attached hydrogen (secondary N) is 1. The van der Waals surface area contributed by atoms with Gasteiger partial charge in [0.1, 0.15) is 0 Å². The first-order chi connectivity index (χ1) is 9.63. The highest BCUT2D eigenvalue weighted by Gasteiger charge is 2.16. The minimum absolute atomic E-state index is 0.0244. The third-order valence-electron chi connectivity index (χ3n) is 3.51. The lowest BCUT2D eigenvalue weighted by atomic mass is 10.0. The van der Waals surface area contributed by atoms with Crippen molar-refractivity contribution in [3.8, 4) is 0 Å². The Bertz CT molecular complexity index is 595. The average molecular weight is 332 g/mol. The molecule has 1 N–H and O–H groups in total. The second-order valence-corrected chi connectivity index (χ2v) is 5.49. The fourth-order valence-electron chi connectivity index (χ4n) is 2.13. The minimum Gasteiger partial charge on any atom is -0.344 e. The predicted octanol–water partition coefficient (Wildman–Crippen LogP) is 4.17. The van der Waals surface area contributed by atoms with Crippen LogP contribution in [0.1, 0.15) is 33.1 Å². The maximum absolute atomic E-state index is 12.4. The van der Waals surface area contributed by atoms with Gasteiger partial charge < -0.3 is 5.32 Å². The van der Waals surface area contributed by atoms with E-state index in [1.54, 1.807) is 0 Å². The molecular weight excluding hydrogens is 314 g/mol. The lowest BCUT2D eigenvalue weighted by Crippen LogP contribution is -2.30. The lowest BCUT2D eigenvalue weighted by molar-refractivity contribution is 0.0940. The fraction of sp³-hybridized carbons (Fsp3) is 0.235. The number of carbonyl (C=O) groups excluding carboxylic acids is 1. The molecule has 2 rings (SSSR count). The Morgan fingerprint density at radius 3 is 2.45 bits per heavy atom. The Labute approximate surface area is 128 Å². The SMILES string of the molecule is Cc1cccc(C(=O)NC(CBr)c2ccccc2)c1C. The highest BCUT2D eigenvalue weighted by Crippen LogP contribution is 2.18. The molecule has 2 aromatic carbocycles. The Morgan fingerprint density at radius 2 is 1.80 bits per heavy atom. The zero-order valence-electron chi connectivity index (χ0n) is 11.7. The van der Waals surface area contributed by atoms with Crippen molar-refractivity contribution in [3.05, 3.63) is 70.8 Å². The van der Waals surface area contributed by atoms with Crippen molar-refractivity contribution < 1.29 is 4.79 Å². The van der Waals surface area contributed by atoms with E-state index in [0.29, 0.717) is 5.33 Å². The summed E-state index contributed by atoms with van der Waals surface area (Å²) < 4.78 is 0. The predicted molar refractivity (Wildman–Crippen MR) is 86.4 cm³/mol. The van der Waals surface area contributed by atoms with Crippen LogP contribution in [0.2, 0.25) is 0 Å². The minimum atomic E-state index is -0.0282. The van der Waals surface area contributed by atoms with E-state index in [0.717, 1.165) is 22.3 Å². The molecule has 1 unspecified atom stereocenters. The molecule has 0 aliphatic carbocycles. The Kier molecular flexibility index (Phi) is 4.96. The Hall–Kier alpha value is -1.61. The number of halogens is 1. The van der Waals surface area contributed by atoms with Gasteiger partial charge in [-0.15, -0.1) is 0 Å². The topological polar surface area (TPSA) is 29.1 Å². The number of benzene rings is 2. The van der Waals surface area contributed by atoms with Crippen molar-refractivity contribution in [2.75, 3.05) is 5.33 Å². The fourth-order valence-corrected chi connectivity index (χ4v) is 2.67. The lowest BCUT2D eigenvalue weighted by Gasteiger charge is -2.18. The molecular formula is C17H18BrNO. The standard InChI is InChI=1S/C17H18BrNO/c1-12-7-6-10-15(13(12)2)17(20)19-16(11-18)14-8-4-3-5-9-14/h3-10,16H,11H2,1-2H3,(H,19,20). The van der Waals surface area contributed by atoms with Gasteiger partial charge in [-0.2, -0.15) is 0 Å². The first kappa shape index (κ1) is 14.8. The monoisotopic (exact) mass is 331 g/mol. The molecule has 104 valence electrons. The molecule has 0 bridgehead atoms. The van der Waals surface area contributed by atoms with Crippen LogP contribution in [0, 0.1) is 13.8 Å². The number of rotatable bonds is 4. The van der Waals surface area contributed by atoms with Crippen LogP contribution in [0.3, 0.4) is 0 Å². The smallest absolute Gasteiger partial charge is 0.252 e. The number of hydrogen-bond donors (Lipinski definition) is 1. The van der Waals surface area contributed by atoms with Crippen LogP contribution in [-0.4, -0.2) is 11.2 Å². The van der Waals surface area contributed by atoms with Crippen molar-refractivity contribution in [2.24, 2.45) is 0 Å². The molecule has 0 radical (unpaired) electrons. The first-order valence-electron chi connectivity index (χ1n) is 6.61. The largest absolute Gasteiger partial charge is 0.344 e. The van der Waals surface area contributed by atoms with Gasteiger partial charge in [0.2, 0.25) is 0 Å². The van der Waals surface area contributed by atoms with Crippen LogP contribution in [0.15, 0.2) is 48.5 Å². The molecule has 20 heavy (non-hydrogen) atoms. The molecule has 0 aliphatic heterocycles. The molecule has 0 saturated heterocycles. The van der Waals surface area contributed by atoms with E-state index in [9.17, 15) is 4.79 Å². The van der Waals surface area contributed by atoms with E-state index in [1.807, 2.05) is 62.4 Å². The summed E-state index contributed by atoms with van der Waals surface area (Å²) in [4.78, 5) is 12.4. The molecule has 0 saturated carbocycles. The molecule has 0 heterocycles. The van der Waals surface area contributed by atoms with Gasteiger partial charge in [0.05, 0.1) is 6.04 Å². The number of hydrogen-bond acceptors (Lipinski definition) is 1. The van der Waals surface area contributed by atoms with Gasteiger partial charge in [0.15, 0.2) is 0 Å². The highest BCUT2D eigenvalue weighted by atomic mass is 79.9. The summed E-state index contributed by atoms with van der Waals surface area (Å²) in [5.74, 6) is -0.0282. The molecule has 2 aromatic rings. The van der Waals surface area contributed by atoms with Crippen molar-refractivity contribution in [1.82, 2.24) is 5.32 Å². The van der Waals surface area contributed by atoms with Gasteiger partial charge >= 0.3 is 0 Å². The van der Waals surface area contributed by atoms with E-state index < -0.39 is 0 Å². The summed E-state index contributed by atoms with van der Waals surface area (Å²) in [5, 5.41) is 3.77. The molecule has 3 heteroatoms. The third kappa shape index (κ3) is 3.28. The first-order valence-corrected chi connectivity index (χ1v) is 7.73. The molecule has 2 nitrogen and oxygen atoms in total. The molecule has 0 aliphatic rings. The summed E-state index contributed by atoms with van der Waals surface area (Å²) in [6.07, 6.45) is 0. The number of alkyl halides is 1. The van der Waals surface area contributed by atoms with Crippen molar-refractivity contribution in [2.45, 2.75) is 19.9 Å². The summed E-state index contributed by atoms with van der Waals surface area (Å²) in [5.41, 5.74) is 4.01. The third-order valence-corrected chi connectivity index (χ3v) is 4.16. The highest BCUT2D eigenvalue weighted by molar-refractivity contribution is 9.09. The number of amides is 1. The zero-order chi connectivity index (χ0) is 14.5. The van der Waals surface area contributed by atoms with Crippen LogP contribution >= 0.6 is 15.9 Å². The zero-order valence-corrected chi connectivity index (χ0v) is 13.3. The molecule has 0 aromatic heterocycles. The van der Waals surface area contributed by atoms with Crippen molar-refractivity contribution in [1.29, 1.82) is 0 Å². The van der Waals surface area contributed by atoms with Gasteiger partial charge in [0, 0.05) is 10.9 Å². The quantitative estimate of drug-likeness (QED) is 0.837. The van der Waals surface area contributed by atoms with Crippen LogP contribution in [0.25, 0.3) is 0 Å². The number of carbonyl (C=O) groups is 1. The van der Waals surface area contributed by atoms with Crippen LogP contribution in [0.5, 0.6) is 0 Å². The summed E-state index contributed by atoms with van der Waals surface area (Å²) >= 11 is 3.47. The van der Waals surface area contributed by atoms with Crippen molar-refractivity contribution >= 4 is 21.8 Å². The molecule has 1 atom stereocenters. The molecule has 0 spiro atoms. The molecule has 1 amide bonds. The van der Waals surface area contributed by atoms with Gasteiger partial charge in [0.25, 0.3) is 5.91 Å². The van der Waals surface area contributed by atoms with E-state index in [2.05, 4.69) is 21.2 Å². The summed E-state index contributed by atoms with van der Waals surface area (Å²) in [6.45, 7) is 4.00. The molecule has 0 fully saturated rings. The van der Waals surface area contributed by atoms with Gasteiger partial charge in [-0.25, -0.2) is 0 Å². The van der Waals surface area contributed by atoms with Crippen molar-refractivity contribution in [3.63, 3.8) is 0 Å². The Balaban J connectivity index is 2.20.